The third kappa shape index (κ3) is 4.30. The monoisotopic (exact) mass is 338 g/mol. The molecule has 1 heterocycles. The van der Waals surface area contributed by atoms with Gasteiger partial charge in [0.1, 0.15) is 0 Å². The Morgan fingerprint density at radius 2 is 1.62 bits per heavy atom. The van der Waals surface area contributed by atoms with E-state index >= 15 is 0 Å². The van der Waals surface area contributed by atoms with Gasteiger partial charge >= 0.3 is 0 Å². The lowest BCUT2D eigenvalue weighted by atomic mass is 10.2. The Labute approximate surface area is 144 Å². The van der Waals surface area contributed by atoms with Crippen molar-refractivity contribution in [3.05, 3.63) is 83.1 Å². The molecule has 0 aliphatic carbocycles. The van der Waals surface area contributed by atoms with E-state index in [1.54, 1.807) is 12.1 Å². The van der Waals surface area contributed by atoms with Crippen LogP contribution in [0.3, 0.4) is 0 Å². The highest BCUT2D eigenvalue weighted by atomic mass is 35.5. The van der Waals surface area contributed by atoms with E-state index in [0.717, 1.165) is 11.3 Å². The molecule has 0 bridgehead atoms. The zero-order valence-corrected chi connectivity index (χ0v) is 13.5. The Balaban J connectivity index is 1.58. The van der Waals surface area contributed by atoms with E-state index in [0.29, 0.717) is 23.1 Å². The average Bonchev–Trinajstić information content (AvgIpc) is 2.62. The number of carbonyl (C=O) groups is 1. The van der Waals surface area contributed by atoms with Crippen molar-refractivity contribution in [3.8, 4) is 0 Å². The van der Waals surface area contributed by atoms with Gasteiger partial charge in [-0.15, -0.1) is 0 Å². The van der Waals surface area contributed by atoms with Crippen LogP contribution in [0.2, 0.25) is 5.02 Å². The Bertz CT molecular complexity index is 805. The van der Waals surface area contributed by atoms with Gasteiger partial charge in [-0.3, -0.25) is 4.79 Å². The van der Waals surface area contributed by atoms with Gasteiger partial charge in [-0.25, -0.2) is 9.97 Å². The van der Waals surface area contributed by atoms with Crippen molar-refractivity contribution in [2.24, 2.45) is 0 Å². The first-order chi connectivity index (χ1) is 11.7. The van der Waals surface area contributed by atoms with Crippen molar-refractivity contribution in [1.82, 2.24) is 15.3 Å². The summed E-state index contributed by atoms with van der Waals surface area (Å²) in [5.41, 5.74) is 2.26. The van der Waals surface area contributed by atoms with Gasteiger partial charge < -0.3 is 10.6 Å². The number of hydrogen-bond donors (Lipinski definition) is 2. The lowest BCUT2D eigenvalue weighted by Gasteiger charge is -2.07. The highest BCUT2D eigenvalue weighted by Gasteiger charge is 2.07. The maximum Gasteiger partial charge on any atom is 0.254 e. The van der Waals surface area contributed by atoms with E-state index in [9.17, 15) is 4.79 Å². The molecular formula is C18H15ClN4O. The Morgan fingerprint density at radius 1 is 0.958 bits per heavy atom. The van der Waals surface area contributed by atoms with E-state index < -0.39 is 0 Å². The molecule has 24 heavy (non-hydrogen) atoms. The van der Waals surface area contributed by atoms with Crippen molar-refractivity contribution in [2.75, 3.05) is 5.32 Å². The molecule has 1 amide bonds. The fraction of sp³-hybridized carbons (Fsp3) is 0.0556. The summed E-state index contributed by atoms with van der Waals surface area (Å²) in [6, 6.07) is 16.9. The van der Waals surface area contributed by atoms with Crippen LogP contribution in [-0.4, -0.2) is 15.9 Å². The number of nitrogens with zero attached hydrogens (tertiary/aromatic N) is 2. The number of hydrogen-bond acceptors (Lipinski definition) is 4. The molecule has 2 aromatic carbocycles. The van der Waals surface area contributed by atoms with Crippen LogP contribution in [0.4, 0.5) is 11.6 Å². The lowest BCUT2D eigenvalue weighted by molar-refractivity contribution is 0.0950. The van der Waals surface area contributed by atoms with Crippen molar-refractivity contribution in [1.29, 1.82) is 0 Å². The van der Waals surface area contributed by atoms with E-state index in [1.807, 2.05) is 42.5 Å². The largest absolute Gasteiger partial charge is 0.348 e. The highest BCUT2D eigenvalue weighted by Crippen LogP contribution is 2.12. The lowest BCUT2D eigenvalue weighted by Crippen LogP contribution is -2.23. The standard InChI is InChI=1S/C18H15ClN4O/c19-15-8-6-13(7-9-15)10-20-17(24)14-11-21-18(22-12-14)23-16-4-2-1-3-5-16/h1-9,11-12H,10H2,(H,20,24)(H,21,22,23). The Kier molecular flexibility index (Phi) is 5.03. The van der Waals surface area contributed by atoms with Gasteiger partial charge in [-0.1, -0.05) is 41.9 Å². The molecule has 0 saturated heterocycles. The molecule has 6 heteroatoms. The Hall–Kier alpha value is -2.92. The van der Waals surface area contributed by atoms with Crippen LogP contribution in [0.25, 0.3) is 0 Å². The summed E-state index contributed by atoms with van der Waals surface area (Å²) in [6.07, 6.45) is 2.99. The summed E-state index contributed by atoms with van der Waals surface area (Å²) in [7, 11) is 0. The third-order valence-corrected chi connectivity index (χ3v) is 3.56. The smallest absolute Gasteiger partial charge is 0.254 e. The summed E-state index contributed by atoms with van der Waals surface area (Å²) in [5, 5.41) is 6.55. The normalized spacial score (nSPS) is 10.2. The summed E-state index contributed by atoms with van der Waals surface area (Å²) in [4.78, 5) is 20.4. The van der Waals surface area contributed by atoms with Crippen LogP contribution in [0.1, 0.15) is 15.9 Å². The summed E-state index contributed by atoms with van der Waals surface area (Å²) in [6.45, 7) is 0.417. The third-order valence-electron chi connectivity index (χ3n) is 3.31. The van der Waals surface area contributed by atoms with Crippen molar-refractivity contribution in [3.63, 3.8) is 0 Å². The summed E-state index contributed by atoms with van der Waals surface area (Å²) < 4.78 is 0. The molecule has 3 rings (SSSR count). The topological polar surface area (TPSA) is 66.9 Å². The van der Waals surface area contributed by atoms with Crippen LogP contribution in [0, 0.1) is 0 Å². The predicted octanol–water partition coefficient (Wildman–Crippen LogP) is 3.80. The van der Waals surface area contributed by atoms with Crippen LogP contribution >= 0.6 is 11.6 Å². The van der Waals surface area contributed by atoms with E-state index in [1.165, 1.54) is 12.4 Å². The van der Waals surface area contributed by atoms with E-state index in [-0.39, 0.29) is 5.91 Å². The van der Waals surface area contributed by atoms with Crippen LogP contribution < -0.4 is 10.6 Å². The first-order valence-electron chi connectivity index (χ1n) is 7.37. The van der Waals surface area contributed by atoms with Crippen molar-refractivity contribution < 1.29 is 4.79 Å². The quantitative estimate of drug-likeness (QED) is 0.742. The molecule has 1 aromatic heterocycles. The second-order valence-corrected chi connectivity index (χ2v) is 5.53. The first-order valence-corrected chi connectivity index (χ1v) is 7.75. The highest BCUT2D eigenvalue weighted by molar-refractivity contribution is 6.30. The van der Waals surface area contributed by atoms with E-state index in [4.69, 9.17) is 11.6 Å². The molecule has 0 unspecified atom stereocenters. The molecule has 0 spiro atoms. The SMILES string of the molecule is O=C(NCc1ccc(Cl)cc1)c1cnc(Nc2ccccc2)nc1. The molecule has 0 atom stereocenters. The average molecular weight is 339 g/mol. The second kappa shape index (κ2) is 7.57. The van der Waals surface area contributed by atoms with Gasteiger partial charge in [0.15, 0.2) is 0 Å². The molecule has 3 aromatic rings. The first kappa shape index (κ1) is 16.0. The molecule has 120 valence electrons. The number of halogens is 1. The second-order valence-electron chi connectivity index (χ2n) is 5.10. The fourth-order valence-corrected chi connectivity index (χ4v) is 2.17. The number of para-hydroxylation sites is 1. The number of carbonyl (C=O) groups excluding carboxylic acids is 1. The van der Waals surface area contributed by atoms with Crippen molar-refractivity contribution in [2.45, 2.75) is 6.54 Å². The zero-order valence-electron chi connectivity index (χ0n) is 12.7. The van der Waals surface area contributed by atoms with Gasteiger partial charge in [0.05, 0.1) is 5.56 Å². The minimum absolute atomic E-state index is 0.226. The van der Waals surface area contributed by atoms with Gasteiger partial charge in [-0.2, -0.15) is 0 Å². The van der Waals surface area contributed by atoms with Crippen LogP contribution in [0.15, 0.2) is 67.0 Å². The maximum atomic E-state index is 12.1. The van der Waals surface area contributed by atoms with Crippen LogP contribution in [0.5, 0.6) is 0 Å². The minimum atomic E-state index is -0.226. The van der Waals surface area contributed by atoms with Crippen LogP contribution in [-0.2, 0) is 6.54 Å². The number of aromatic nitrogens is 2. The number of rotatable bonds is 5. The zero-order chi connectivity index (χ0) is 16.8. The fourth-order valence-electron chi connectivity index (χ4n) is 2.05. The maximum absolute atomic E-state index is 12.1. The molecule has 0 radical (unpaired) electrons. The Morgan fingerprint density at radius 3 is 2.29 bits per heavy atom. The molecule has 0 fully saturated rings. The molecular weight excluding hydrogens is 324 g/mol. The summed E-state index contributed by atoms with van der Waals surface area (Å²) in [5.74, 6) is 0.215. The molecule has 0 aliphatic heterocycles. The molecule has 0 saturated carbocycles. The molecule has 5 nitrogen and oxygen atoms in total. The van der Waals surface area contributed by atoms with Gasteiger partial charge in [0.25, 0.3) is 5.91 Å². The number of amides is 1. The van der Waals surface area contributed by atoms with Crippen molar-refractivity contribution >= 4 is 29.1 Å². The predicted molar refractivity (Wildman–Crippen MR) is 94.4 cm³/mol. The van der Waals surface area contributed by atoms with Gasteiger partial charge in [0, 0.05) is 29.6 Å². The van der Waals surface area contributed by atoms with Gasteiger partial charge in [-0.05, 0) is 29.8 Å². The molecule has 0 aliphatic rings. The molecule has 2 N–H and O–H groups in total. The summed E-state index contributed by atoms with van der Waals surface area (Å²) >= 11 is 5.83. The number of nitrogens with one attached hydrogen (secondary N) is 2. The number of benzene rings is 2. The number of anilines is 2. The van der Waals surface area contributed by atoms with Gasteiger partial charge in [0.2, 0.25) is 5.95 Å². The van der Waals surface area contributed by atoms with E-state index in [2.05, 4.69) is 20.6 Å². The minimum Gasteiger partial charge on any atom is -0.348 e.